The molecular formula is C20H29N5O4S. The van der Waals surface area contributed by atoms with Gasteiger partial charge < -0.3 is 9.47 Å². The Hall–Kier alpha value is -2.04. The Morgan fingerprint density at radius 1 is 1.17 bits per heavy atom. The van der Waals surface area contributed by atoms with Crippen LogP contribution in [0.5, 0.6) is 5.88 Å². The Morgan fingerprint density at radius 3 is 2.47 bits per heavy atom. The lowest BCUT2D eigenvalue weighted by Gasteiger charge is -2.38. The van der Waals surface area contributed by atoms with Crippen molar-refractivity contribution in [2.45, 2.75) is 76.1 Å². The van der Waals surface area contributed by atoms with Crippen molar-refractivity contribution in [3.63, 3.8) is 0 Å². The summed E-state index contributed by atoms with van der Waals surface area (Å²) < 4.78 is 37.5. The molecule has 2 bridgehead atoms. The van der Waals surface area contributed by atoms with E-state index in [1.807, 2.05) is 6.92 Å². The highest BCUT2D eigenvalue weighted by molar-refractivity contribution is 7.91. The molecule has 9 nitrogen and oxygen atoms in total. The second-order valence-corrected chi connectivity index (χ2v) is 10.00. The van der Waals surface area contributed by atoms with Gasteiger partial charge in [-0.25, -0.2) is 13.4 Å². The van der Waals surface area contributed by atoms with Gasteiger partial charge >= 0.3 is 0 Å². The molecule has 0 aliphatic carbocycles. The van der Waals surface area contributed by atoms with Crippen molar-refractivity contribution in [3.8, 4) is 5.88 Å². The van der Waals surface area contributed by atoms with Crippen molar-refractivity contribution >= 4 is 9.84 Å². The predicted octanol–water partition coefficient (Wildman–Crippen LogP) is 2.16. The van der Waals surface area contributed by atoms with E-state index in [1.54, 1.807) is 26.2 Å². The van der Waals surface area contributed by atoms with E-state index in [4.69, 9.17) is 9.47 Å². The van der Waals surface area contributed by atoms with Crippen molar-refractivity contribution < 1.29 is 17.9 Å². The van der Waals surface area contributed by atoms with E-state index in [2.05, 4.69) is 25.1 Å². The number of sulfone groups is 1. The Morgan fingerprint density at radius 2 is 1.90 bits per heavy atom. The van der Waals surface area contributed by atoms with Crippen molar-refractivity contribution in [3.05, 3.63) is 29.5 Å². The van der Waals surface area contributed by atoms with Gasteiger partial charge in [-0.2, -0.15) is 5.10 Å². The molecular weight excluding hydrogens is 406 g/mol. The van der Waals surface area contributed by atoms with Gasteiger partial charge in [0.05, 0.1) is 36.1 Å². The molecule has 2 aromatic heterocycles. The van der Waals surface area contributed by atoms with Gasteiger partial charge in [0, 0.05) is 18.7 Å². The van der Waals surface area contributed by atoms with Gasteiger partial charge in [0.25, 0.3) is 0 Å². The molecule has 0 radical (unpaired) electrons. The standard InChI is InChI=1S/C20H29N5O4S/c1-4-28-11-15-9-22-19(10-21-15)29-18-7-16-5-6-17(8-18)25(16)12-30(26,27)20-13(2)23-24-14(20)3/h9-10,16-18H,4-8,11-12H2,1-3H3,(H,23,24)/t16-,17+,18?. The van der Waals surface area contributed by atoms with Crippen molar-refractivity contribution in [1.82, 2.24) is 25.1 Å². The van der Waals surface area contributed by atoms with Crippen LogP contribution in [-0.2, 0) is 21.2 Å². The molecule has 0 saturated carbocycles. The van der Waals surface area contributed by atoms with Crippen LogP contribution in [0.4, 0.5) is 0 Å². The second kappa shape index (κ2) is 8.60. The molecule has 4 heterocycles. The summed E-state index contributed by atoms with van der Waals surface area (Å²) in [5, 5.41) is 6.83. The Balaban J connectivity index is 1.39. The summed E-state index contributed by atoms with van der Waals surface area (Å²) in [6, 6.07) is 0.391. The highest BCUT2D eigenvalue weighted by Crippen LogP contribution is 2.38. The van der Waals surface area contributed by atoms with E-state index >= 15 is 0 Å². The van der Waals surface area contributed by atoms with Crippen molar-refractivity contribution in [2.24, 2.45) is 0 Å². The van der Waals surface area contributed by atoms with Gasteiger partial charge in [0.1, 0.15) is 16.9 Å². The number of hydrogen-bond donors (Lipinski definition) is 1. The summed E-state index contributed by atoms with van der Waals surface area (Å²) in [6.45, 7) is 6.50. The number of aromatic nitrogens is 4. The molecule has 164 valence electrons. The number of nitrogens with zero attached hydrogens (tertiary/aromatic N) is 4. The monoisotopic (exact) mass is 435 g/mol. The summed E-state index contributed by atoms with van der Waals surface area (Å²) in [7, 11) is -3.44. The molecule has 1 unspecified atom stereocenters. The number of hydrogen-bond acceptors (Lipinski definition) is 8. The van der Waals surface area contributed by atoms with Gasteiger partial charge in [-0.1, -0.05) is 0 Å². The van der Waals surface area contributed by atoms with Crippen LogP contribution in [0.1, 0.15) is 49.7 Å². The second-order valence-electron chi connectivity index (χ2n) is 8.10. The van der Waals surface area contributed by atoms with Gasteiger partial charge in [-0.3, -0.25) is 15.0 Å². The van der Waals surface area contributed by atoms with Crippen molar-refractivity contribution in [2.75, 3.05) is 12.5 Å². The Labute approximate surface area is 177 Å². The summed E-state index contributed by atoms with van der Waals surface area (Å²) in [5.74, 6) is 0.535. The predicted molar refractivity (Wildman–Crippen MR) is 110 cm³/mol. The SMILES string of the molecule is CCOCc1cnc(OC2C[C@H]3CC[C@@H](C2)N3CS(=O)(=O)c2c(C)n[nH]c2C)cn1. The minimum atomic E-state index is -3.44. The minimum absolute atomic E-state index is 0.0193. The third kappa shape index (κ3) is 4.35. The van der Waals surface area contributed by atoms with Crippen LogP contribution in [0.15, 0.2) is 17.3 Å². The first-order valence-electron chi connectivity index (χ1n) is 10.4. The van der Waals surface area contributed by atoms with E-state index < -0.39 is 9.84 Å². The lowest BCUT2D eigenvalue weighted by Crippen LogP contribution is -2.48. The molecule has 0 amide bonds. The van der Waals surface area contributed by atoms with E-state index in [1.165, 1.54) is 0 Å². The Bertz CT molecular complexity index is 942. The quantitative estimate of drug-likeness (QED) is 0.672. The molecule has 30 heavy (non-hydrogen) atoms. The number of rotatable bonds is 8. The zero-order valence-electron chi connectivity index (χ0n) is 17.7. The third-order valence-corrected chi connectivity index (χ3v) is 7.82. The van der Waals surface area contributed by atoms with Crippen molar-refractivity contribution in [1.29, 1.82) is 0 Å². The maximum absolute atomic E-state index is 13.0. The van der Waals surface area contributed by atoms with Crippen LogP contribution in [0.25, 0.3) is 0 Å². The number of nitrogens with one attached hydrogen (secondary N) is 1. The van der Waals surface area contributed by atoms with Crippen LogP contribution in [0.2, 0.25) is 0 Å². The number of ether oxygens (including phenoxy) is 2. The topological polar surface area (TPSA) is 110 Å². The zero-order chi connectivity index (χ0) is 21.3. The first-order chi connectivity index (χ1) is 14.4. The number of aryl methyl sites for hydroxylation is 2. The molecule has 2 aliphatic rings. The van der Waals surface area contributed by atoms with E-state index in [0.717, 1.165) is 31.4 Å². The molecule has 2 aromatic rings. The molecule has 2 aliphatic heterocycles. The maximum Gasteiger partial charge on any atom is 0.232 e. The summed E-state index contributed by atoms with van der Waals surface area (Å²) >= 11 is 0. The minimum Gasteiger partial charge on any atom is -0.473 e. The van der Waals surface area contributed by atoms with E-state index in [0.29, 0.717) is 35.4 Å². The average Bonchev–Trinajstić information content (AvgIpc) is 3.15. The zero-order valence-corrected chi connectivity index (χ0v) is 18.5. The highest BCUT2D eigenvalue weighted by atomic mass is 32.2. The Kier molecular flexibility index (Phi) is 6.08. The lowest BCUT2D eigenvalue weighted by molar-refractivity contribution is 0.0577. The smallest absolute Gasteiger partial charge is 0.232 e. The number of fused-ring (bicyclic) bond motifs is 2. The van der Waals surface area contributed by atoms with Crippen LogP contribution < -0.4 is 4.74 Å². The molecule has 0 aromatic carbocycles. The van der Waals surface area contributed by atoms with Gasteiger partial charge in [-0.15, -0.1) is 0 Å². The molecule has 4 rings (SSSR count). The van der Waals surface area contributed by atoms with Gasteiger partial charge in [0.15, 0.2) is 9.84 Å². The fourth-order valence-corrected chi connectivity index (χ4v) is 6.60. The van der Waals surface area contributed by atoms with Gasteiger partial charge in [-0.05, 0) is 46.5 Å². The average molecular weight is 436 g/mol. The number of piperidine rings is 1. The molecule has 2 saturated heterocycles. The van der Waals surface area contributed by atoms with Crippen LogP contribution in [-0.4, -0.2) is 64.2 Å². The largest absolute Gasteiger partial charge is 0.473 e. The van der Waals surface area contributed by atoms with E-state index in [-0.39, 0.29) is 24.1 Å². The third-order valence-electron chi connectivity index (χ3n) is 5.95. The van der Waals surface area contributed by atoms with Crippen LogP contribution in [0, 0.1) is 13.8 Å². The number of H-pyrrole nitrogens is 1. The lowest BCUT2D eigenvalue weighted by atomic mass is 10.0. The molecule has 3 atom stereocenters. The first-order valence-corrected chi connectivity index (χ1v) is 12.1. The fraction of sp³-hybridized carbons (Fsp3) is 0.650. The summed E-state index contributed by atoms with van der Waals surface area (Å²) in [4.78, 5) is 11.1. The normalized spacial score (nSPS) is 24.3. The molecule has 2 fully saturated rings. The fourth-order valence-electron chi connectivity index (χ4n) is 4.65. The first kappa shape index (κ1) is 21.2. The molecule has 10 heteroatoms. The molecule has 0 spiro atoms. The maximum atomic E-state index is 13.0. The summed E-state index contributed by atoms with van der Waals surface area (Å²) in [5.41, 5.74) is 1.91. The van der Waals surface area contributed by atoms with Crippen LogP contribution in [0.3, 0.4) is 0 Å². The van der Waals surface area contributed by atoms with Gasteiger partial charge in [0.2, 0.25) is 5.88 Å². The summed E-state index contributed by atoms with van der Waals surface area (Å²) in [6.07, 6.45) is 6.89. The highest BCUT2D eigenvalue weighted by Gasteiger charge is 2.44. The number of aromatic amines is 1. The van der Waals surface area contributed by atoms with Crippen LogP contribution >= 0.6 is 0 Å². The molecule has 1 N–H and O–H groups in total. The van der Waals surface area contributed by atoms with E-state index in [9.17, 15) is 8.42 Å².